The van der Waals surface area contributed by atoms with E-state index in [2.05, 4.69) is 15.0 Å². The van der Waals surface area contributed by atoms with Crippen LogP contribution in [0, 0.1) is 0 Å². The number of carbonyl (C=O) groups is 1. The minimum Gasteiger partial charge on any atom is -0.465 e. The Labute approximate surface area is 80.9 Å². The van der Waals surface area contributed by atoms with Crippen LogP contribution in [-0.4, -0.2) is 29.9 Å². The number of nitrogens with zero attached hydrogens (tertiary/aromatic N) is 1. The molecule has 3 N–H and O–H groups in total. The van der Waals surface area contributed by atoms with E-state index < -0.39 is 5.97 Å². The third-order valence-corrected chi connectivity index (χ3v) is 1.53. The van der Waals surface area contributed by atoms with Crippen LogP contribution >= 0.6 is 0 Å². The number of ether oxygens (including phenoxy) is 1. The van der Waals surface area contributed by atoms with Gasteiger partial charge in [0.25, 0.3) is 0 Å². The molecule has 0 fully saturated rings. The lowest BCUT2D eigenvalue weighted by atomic mass is 10.2. The molecule has 76 valence electrons. The number of pyridine rings is 1. The Kier molecular flexibility index (Phi) is 3.84. The summed E-state index contributed by atoms with van der Waals surface area (Å²) in [6, 6.07) is 3.08. The van der Waals surface area contributed by atoms with E-state index in [0.717, 1.165) is 0 Å². The normalized spacial score (nSPS) is 9.57. The zero-order valence-corrected chi connectivity index (χ0v) is 7.65. The van der Waals surface area contributed by atoms with Gasteiger partial charge in [-0.05, 0) is 12.1 Å². The van der Waals surface area contributed by atoms with Crippen molar-refractivity contribution in [1.29, 1.82) is 0 Å². The van der Waals surface area contributed by atoms with Crippen LogP contribution in [0.1, 0.15) is 10.4 Å². The van der Waals surface area contributed by atoms with Gasteiger partial charge in [0.05, 0.1) is 19.3 Å². The lowest BCUT2D eigenvalue weighted by Gasteiger charge is -2.04. The van der Waals surface area contributed by atoms with E-state index in [9.17, 15) is 4.79 Å². The summed E-state index contributed by atoms with van der Waals surface area (Å²) in [4.78, 5) is 15.0. The fourth-order valence-corrected chi connectivity index (χ4v) is 0.902. The standard InChI is InChI=1S/C8H11N3O3/c1-14-8(12)6-2-3-9-7(4-6)10-5-11-13/h2-4,11,13H,5H2,1H3,(H,9,10). The van der Waals surface area contributed by atoms with Gasteiger partial charge in [0.2, 0.25) is 0 Å². The second kappa shape index (κ2) is 5.15. The molecule has 0 atom stereocenters. The smallest absolute Gasteiger partial charge is 0.338 e. The molecule has 0 aliphatic carbocycles. The summed E-state index contributed by atoms with van der Waals surface area (Å²) < 4.78 is 4.54. The number of esters is 1. The summed E-state index contributed by atoms with van der Waals surface area (Å²) >= 11 is 0. The van der Waals surface area contributed by atoms with Crippen LogP contribution in [0.2, 0.25) is 0 Å². The van der Waals surface area contributed by atoms with Crippen LogP contribution in [0.25, 0.3) is 0 Å². The SMILES string of the molecule is COC(=O)c1ccnc(NCNO)c1. The molecule has 6 nitrogen and oxygen atoms in total. The average Bonchev–Trinajstić information content (AvgIpc) is 2.25. The van der Waals surface area contributed by atoms with Crippen molar-refractivity contribution in [2.45, 2.75) is 0 Å². The first-order chi connectivity index (χ1) is 6.77. The Balaban J connectivity index is 2.73. The number of methoxy groups -OCH3 is 1. The number of carbonyl (C=O) groups excluding carboxylic acids is 1. The maximum Gasteiger partial charge on any atom is 0.338 e. The summed E-state index contributed by atoms with van der Waals surface area (Å²) in [5.41, 5.74) is 2.32. The number of hydrogen-bond acceptors (Lipinski definition) is 6. The monoisotopic (exact) mass is 197 g/mol. The molecule has 0 amide bonds. The molecule has 6 heteroatoms. The maximum atomic E-state index is 11.1. The van der Waals surface area contributed by atoms with E-state index in [1.165, 1.54) is 19.4 Å². The van der Waals surface area contributed by atoms with Crippen molar-refractivity contribution >= 4 is 11.8 Å². The minimum absolute atomic E-state index is 0.150. The zero-order chi connectivity index (χ0) is 10.4. The van der Waals surface area contributed by atoms with Crippen molar-refractivity contribution in [2.75, 3.05) is 19.1 Å². The Morgan fingerprint density at radius 1 is 1.71 bits per heavy atom. The predicted octanol–water partition coefficient (Wildman–Crippen LogP) is 0.216. The maximum absolute atomic E-state index is 11.1. The van der Waals surface area contributed by atoms with E-state index in [-0.39, 0.29) is 6.67 Å². The van der Waals surface area contributed by atoms with Crippen molar-refractivity contribution in [3.63, 3.8) is 0 Å². The number of hydrogen-bond donors (Lipinski definition) is 3. The van der Waals surface area contributed by atoms with Crippen LogP contribution in [0.3, 0.4) is 0 Å². The van der Waals surface area contributed by atoms with Crippen molar-refractivity contribution < 1.29 is 14.7 Å². The summed E-state index contributed by atoms with van der Waals surface area (Å²) in [6.07, 6.45) is 1.48. The minimum atomic E-state index is -0.424. The molecule has 1 aromatic rings. The third kappa shape index (κ3) is 2.68. The summed E-state index contributed by atoms with van der Waals surface area (Å²) in [5, 5.41) is 11.1. The molecule has 0 saturated carbocycles. The molecule has 0 unspecified atom stereocenters. The van der Waals surface area contributed by atoms with E-state index in [0.29, 0.717) is 11.4 Å². The quantitative estimate of drug-likeness (QED) is 0.364. The largest absolute Gasteiger partial charge is 0.465 e. The van der Waals surface area contributed by atoms with Gasteiger partial charge < -0.3 is 15.3 Å². The number of rotatable bonds is 4. The second-order valence-electron chi connectivity index (χ2n) is 2.43. The van der Waals surface area contributed by atoms with Gasteiger partial charge in [-0.25, -0.2) is 9.78 Å². The predicted molar refractivity (Wildman–Crippen MR) is 49.0 cm³/mol. The molecule has 0 aliphatic rings. The average molecular weight is 197 g/mol. The first kappa shape index (κ1) is 10.4. The van der Waals surface area contributed by atoms with E-state index >= 15 is 0 Å². The first-order valence-corrected chi connectivity index (χ1v) is 3.93. The van der Waals surface area contributed by atoms with Crippen molar-refractivity contribution in [3.05, 3.63) is 23.9 Å². The second-order valence-corrected chi connectivity index (χ2v) is 2.43. The highest BCUT2D eigenvalue weighted by Crippen LogP contribution is 2.06. The number of nitrogens with one attached hydrogen (secondary N) is 2. The molecule has 14 heavy (non-hydrogen) atoms. The van der Waals surface area contributed by atoms with Gasteiger partial charge in [0.15, 0.2) is 0 Å². The Morgan fingerprint density at radius 3 is 3.14 bits per heavy atom. The summed E-state index contributed by atoms with van der Waals surface area (Å²) in [7, 11) is 1.31. The van der Waals surface area contributed by atoms with E-state index in [4.69, 9.17) is 5.21 Å². The Hall–Kier alpha value is -1.66. The highest BCUT2D eigenvalue weighted by atomic mass is 16.5. The van der Waals surface area contributed by atoms with Gasteiger partial charge in [-0.1, -0.05) is 0 Å². The van der Waals surface area contributed by atoms with Crippen LogP contribution in [0.5, 0.6) is 0 Å². The number of anilines is 1. The van der Waals surface area contributed by atoms with Crippen molar-refractivity contribution in [1.82, 2.24) is 10.5 Å². The van der Waals surface area contributed by atoms with Crippen LogP contribution < -0.4 is 10.8 Å². The zero-order valence-electron chi connectivity index (χ0n) is 7.65. The summed E-state index contributed by atoms with van der Waals surface area (Å²) in [5.74, 6) is 0.0573. The molecule has 0 saturated heterocycles. The lowest BCUT2D eigenvalue weighted by Crippen LogP contribution is -2.18. The van der Waals surface area contributed by atoms with E-state index in [1.807, 2.05) is 5.48 Å². The fraction of sp³-hybridized carbons (Fsp3) is 0.250. The van der Waals surface area contributed by atoms with Crippen molar-refractivity contribution in [3.8, 4) is 0 Å². The van der Waals surface area contributed by atoms with Crippen LogP contribution in [0.15, 0.2) is 18.3 Å². The molecule has 1 aromatic heterocycles. The van der Waals surface area contributed by atoms with Gasteiger partial charge in [-0.15, -0.1) is 0 Å². The lowest BCUT2D eigenvalue weighted by molar-refractivity contribution is 0.0600. The van der Waals surface area contributed by atoms with Crippen molar-refractivity contribution in [2.24, 2.45) is 0 Å². The molecular weight excluding hydrogens is 186 g/mol. The Bertz CT molecular complexity index is 316. The molecule has 0 radical (unpaired) electrons. The molecule has 1 heterocycles. The van der Waals surface area contributed by atoms with Gasteiger partial charge in [0.1, 0.15) is 5.82 Å². The van der Waals surface area contributed by atoms with Crippen LogP contribution in [0.4, 0.5) is 5.82 Å². The van der Waals surface area contributed by atoms with Gasteiger partial charge in [-0.3, -0.25) is 0 Å². The van der Waals surface area contributed by atoms with Gasteiger partial charge in [0, 0.05) is 6.20 Å². The Morgan fingerprint density at radius 2 is 2.50 bits per heavy atom. The summed E-state index contributed by atoms with van der Waals surface area (Å²) in [6.45, 7) is 0.150. The molecular formula is C8H11N3O3. The van der Waals surface area contributed by atoms with Crippen LogP contribution in [-0.2, 0) is 4.74 Å². The molecule has 0 aromatic carbocycles. The molecule has 0 spiro atoms. The third-order valence-electron chi connectivity index (χ3n) is 1.53. The highest BCUT2D eigenvalue weighted by molar-refractivity contribution is 5.89. The topological polar surface area (TPSA) is 83.5 Å². The molecule has 1 rings (SSSR count). The molecule has 0 aliphatic heterocycles. The first-order valence-electron chi connectivity index (χ1n) is 3.93. The van der Waals surface area contributed by atoms with Gasteiger partial charge in [-0.2, -0.15) is 5.48 Å². The van der Waals surface area contributed by atoms with Gasteiger partial charge >= 0.3 is 5.97 Å². The number of hydroxylamine groups is 1. The highest BCUT2D eigenvalue weighted by Gasteiger charge is 2.05. The van der Waals surface area contributed by atoms with E-state index in [1.54, 1.807) is 6.07 Å². The molecule has 0 bridgehead atoms. The fourth-order valence-electron chi connectivity index (χ4n) is 0.902. The number of aromatic nitrogens is 1.